The zero-order chi connectivity index (χ0) is 13.0. The fourth-order valence-electron chi connectivity index (χ4n) is 2.54. The van der Waals surface area contributed by atoms with Crippen molar-refractivity contribution >= 4 is 17.3 Å². The third-order valence-corrected chi connectivity index (χ3v) is 4.80. The molecule has 0 saturated carbocycles. The van der Waals surface area contributed by atoms with Crippen molar-refractivity contribution in [2.45, 2.75) is 39.2 Å². The summed E-state index contributed by atoms with van der Waals surface area (Å²) in [5, 5.41) is 8.69. The van der Waals surface area contributed by atoms with Crippen LogP contribution in [0.3, 0.4) is 0 Å². The molecule has 2 heterocycles. The first-order valence-corrected chi connectivity index (χ1v) is 7.50. The van der Waals surface area contributed by atoms with Crippen LogP contribution in [0.1, 0.15) is 35.9 Å². The first-order valence-electron chi connectivity index (χ1n) is 6.69. The predicted octanol–water partition coefficient (Wildman–Crippen LogP) is 3.00. The van der Waals surface area contributed by atoms with Gasteiger partial charge < -0.3 is 5.11 Å². The highest BCUT2D eigenvalue weighted by molar-refractivity contribution is 7.11. The van der Waals surface area contributed by atoms with Crippen molar-refractivity contribution in [3.63, 3.8) is 0 Å². The van der Waals surface area contributed by atoms with Crippen molar-refractivity contribution in [1.82, 2.24) is 4.90 Å². The summed E-state index contributed by atoms with van der Waals surface area (Å²) in [6, 6.07) is 4.45. The summed E-state index contributed by atoms with van der Waals surface area (Å²) in [6.07, 6.45) is 3.42. The Labute approximate surface area is 112 Å². The number of hydrogen-bond acceptors (Lipinski definition) is 3. The van der Waals surface area contributed by atoms with E-state index in [1.165, 1.54) is 9.75 Å². The van der Waals surface area contributed by atoms with E-state index in [9.17, 15) is 4.79 Å². The van der Waals surface area contributed by atoms with Gasteiger partial charge in [0.15, 0.2) is 0 Å². The fourth-order valence-corrected chi connectivity index (χ4v) is 3.54. The van der Waals surface area contributed by atoms with E-state index >= 15 is 0 Å². The van der Waals surface area contributed by atoms with Gasteiger partial charge in [-0.3, -0.25) is 9.69 Å². The Morgan fingerprint density at radius 3 is 2.94 bits per heavy atom. The number of thiophene rings is 1. The fraction of sp³-hybridized carbons (Fsp3) is 0.643. The number of carboxylic acids is 1. The van der Waals surface area contributed by atoms with Crippen molar-refractivity contribution in [3.05, 3.63) is 21.9 Å². The molecule has 0 radical (unpaired) electrons. The van der Waals surface area contributed by atoms with Gasteiger partial charge in [0, 0.05) is 29.3 Å². The molecule has 0 aromatic carbocycles. The third-order valence-electron chi connectivity index (χ3n) is 3.58. The standard InChI is InChI=1S/C14H21NO2S/c1-2-12-4-5-13(18-12)10-15-8-7-11(9-15)3-6-14(16)17/h4-5,11H,2-3,6-10H2,1H3,(H,16,17). The van der Waals surface area contributed by atoms with Crippen LogP contribution < -0.4 is 0 Å². The maximum Gasteiger partial charge on any atom is 0.303 e. The van der Waals surface area contributed by atoms with Gasteiger partial charge in [0.2, 0.25) is 0 Å². The van der Waals surface area contributed by atoms with Gasteiger partial charge in [-0.25, -0.2) is 0 Å². The second-order valence-electron chi connectivity index (χ2n) is 5.04. The van der Waals surface area contributed by atoms with Crippen molar-refractivity contribution in [3.8, 4) is 0 Å². The van der Waals surface area contributed by atoms with Crippen molar-refractivity contribution in [1.29, 1.82) is 0 Å². The number of aliphatic carboxylic acids is 1. The molecule has 1 N–H and O–H groups in total. The molecule has 18 heavy (non-hydrogen) atoms. The predicted molar refractivity (Wildman–Crippen MR) is 74.0 cm³/mol. The van der Waals surface area contributed by atoms with Crippen molar-refractivity contribution < 1.29 is 9.90 Å². The SMILES string of the molecule is CCc1ccc(CN2CCC(CCC(=O)O)C2)s1. The van der Waals surface area contributed by atoms with Gasteiger partial charge in [-0.15, -0.1) is 11.3 Å². The zero-order valence-corrected chi connectivity index (χ0v) is 11.7. The summed E-state index contributed by atoms with van der Waals surface area (Å²) in [6.45, 7) is 5.40. The van der Waals surface area contributed by atoms with Gasteiger partial charge in [-0.05, 0) is 43.9 Å². The van der Waals surface area contributed by atoms with Gasteiger partial charge >= 0.3 is 5.97 Å². The molecule has 3 nitrogen and oxygen atoms in total. The summed E-state index contributed by atoms with van der Waals surface area (Å²) < 4.78 is 0. The van der Waals surface area contributed by atoms with Crippen LogP contribution in [0, 0.1) is 5.92 Å². The highest BCUT2D eigenvalue weighted by Gasteiger charge is 2.23. The molecular weight excluding hydrogens is 246 g/mol. The molecule has 1 aromatic heterocycles. The molecule has 0 amide bonds. The normalized spacial score (nSPS) is 20.4. The maximum atomic E-state index is 10.6. The molecule has 1 fully saturated rings. The lowest BCUT2D eigenvalue weighted by atomic mass is 10.0. The molecule has 0 aliphatic carbocycles. The molecule has 1 unspecified atom stereocenters. The minimum atomic E-state index is -0.667. The Bertz CT molecular complexity index is 402. The lowest BCUT2D eigenvalue weighted by Gasteiger charge is -2.14. The molecule has 4 heteroatoms. The molecule has 100 valence electrons. The number of rotatable bonds is 6. The van der Waals surface area contributed by atoms with Crippen LogP contribution >= 0.6 is 11.3 Å². The molecule has 1 atom stereocenters. The lowest BCUT2D eigenvalue weighted by molar-refractivity contribution is -0.137. The Morgan fingerprint density at radius 1 is 1.50 bits per heavy atom. The van der Waals surface area contributed by atoms with Crippen LogP contribution in [0.5, 0.6) is 0 Å². The zero-order valence-electron chi connectivity index (χ0n) is 10.9. The van der Waals surface area contributed by atoms with E-state index in [4.69, 9.17) is 5.11 Å². The Morgan fingerprint density at radius 2 is 2.28 bits per heavy atom. The third kappa shape index (κ3) is 3.82. The second-order valence-corrected chi connectivity index (χ2v) is 6.30. The van der Waals surface area contributed by atoms with Crippen molar-refractivity contribution in [2.75, 3.05) is 13.1 Å². The number of hydrogen-bond donors (Lipinski definition) is 1. The molecule has 0 spiro atoms. The molecule has 1 aromatic rings. The van der Waals surface area contributed by atoms with Crippen LogP contribution in [0.2, 0.25) is 0 Å². The van der Waals surface area contributed by atoms with E-state index in [1.807, 2.05) is 11.3 Å². The maximum absolute atomic E-state index is 10.6. The first-order chi connectivity index (χ1) is 8.67. The molecule has 1 saturated heterocycles. The number of carboxylic acid groups (broad SMARTS) is 1. The largest absolute Gasteiger partial charge is 0.481 e. The molecule has 1 aliphatic heterocycles. The number of likely N-dealkylation sites (tertiary alicyclic amines) is 1. The molecule has 2 rings (SSSR count). The average molecular weight is 267 g/mol. The Balaban J connectivity index is 1.76. The van der Waals surface area contributed by atoms with E-state index in [2.05, 4.69) is 24.0 Å². The van der Waals surface area contributed by atoms with Gasteiger partial charge in [0.1, 0.15) is 0 Å². The minimum Gasteiger partial charge on any atom is -0.481 e. The van der Waals surface area contributed by atoms with E-state index in [-0.39, 0.29) is 0 Å². The number of carbonyl (C=O) groups is 1. The van der Waals surface area contributed by atoms with E-state index in [0.717, 1.165) is 38.9 Å². The second kappa shape index (κ2) is 6.34. The summed E-state index contributed by atoms with van der Waals surface area (Å²) in [5.74, 6) is -0.0917. The van der Waals surface area contributed by atoms with Crippen LogP contribution in [0.25, 0.3) is 0 Å². The lowest BCUT2D eigenvalue weighted by Crippen LogP contribution is -2.19. The highest BCUT2D eigenvalue weighted by Crippen LogP contribution is 2.25. The topological polar surface area (TPSA) is 40.5 Å². The minimum absolute atomic E-state index is 0.317. The first kappa shape index (κ1) is 13.6. The Hall–Kier alpha value is -0.870. The van der Waals surface area contributed by atoms with Crippen molar-refractivity contribution in [2.24, 2.45) is 5.92 Å². The van der Waals surface area contributed by atoms with Crippen LogP contribution in [0.4, 0.5) is 0 Å². The van der Waals surface area contributed by atoms with Gasteiger partial charge in [0.25, 0.3) is 0 Å². The molecular formula is C14H21NO2S. The van der Waals surface area contributed by atoms with Crippen LogP contribution in [-0.2, 0) is 17.8 Å². The smallest absolute Gasteiger partial charge is 0.303 e. The van der Waals surface area contributed by atoms with Gasteiger partial charge in [0.05, 0.1) is 0 Å². The number of nitrogens with zero attached hydrogens (tertiary/aromatic N) is 1. The summed E-state index contributed by atoms with van der Waals surface area (Å²) in [7, 11) is 0. The average Bonchev–Trinajstić information content (AvgIpc) is 2.96. The Kier molecular flexibility index (Phi) is 4.78. The molecule has 1 aliphatic rings. The molecule has 0 bridgehead atoms. The van der Waals surface area contributed by atoms with E-state index in [1.54, 1.807) is 0 Å². The van der Waals surface area contributed by atoms with E-state index < -0.39 is 5.97 Å². The number of aryl methyl sites for hydroxylation is 1. The van der Waals surface area contributed by atoms with Crippen LogP contribution in [-0.4, -0.2) is 29.1 Å². The van der Waals surface area contributed by atoms with E-state index in [0.29, 0.717) is 12.3 Å². The van der Waals surface area contributed by atoms with Gasteiger partial charge in [-0.2, -0.15) is 0 Å². The monoisotopic (exact) mass is 267 g/mol. The van der Waals surface area contributed by atoms with Crippen LogP contribution in [0.15, 0.2) is 12.1 Å². The quantitative estimate of drug-likeness (QED) is 0.861. The summed E-state index contributed by atoms with van der Waals surface area (Å²) >= 11 is 1.90. The van der Waals surface area contributed by atoms with Gasteiger partial charge in [-0.1, -0.05) is 6.92 Å². The summed E-state index contributed by atoms with van der Waals surface area (Å²) in [5.41, 5.74) is 0. The summed E-state index contributed by atoms with van der Waals surface area (Å²) in [4.78, 5) is 15.9. The highest BCUT2D eigenvalue weighted by atomic mass is 32.1.